The van der Waals surface area contributed by atoms with Crippen LogP contribution in [0.25, 0.3) is 0 Å². The van der Waals surface area contributed by atoms with E-state index in [0.29, 0.717) is 0 Å². The quantitative estimate of drug-likeness (QED) is 0.799. The van der Waals surface area contributed by atoms with Gasteiger partial charge in [-0.15, -0.1) is 0 Å². The van der Waals surface area contributed by atoms with Crippen LogP contribution >= 0.6 is 11.9 Å². The molecule has 5 heteroatoms. The van der Waals surface area contributed by atoms with Gasteiger partial charge in [-0.1, -0.05) is 24.3 Å². The second kappa shape index (κ2) is 4.91. The largest absolute Gasteiger partial charge is 0.377 e. The van der Waals surface area contributed by atoms with Crippen molar-refractivity contribution in [3.05, 3.63) is 35.4 Å². The fourth-order valence-electron chi connectivity index (χ4n) is 1.23. The van der Waals surface area contributed by atoms with Crippen molar-refractivity contribution in [2.75, 3.05) is 0 Å². The highest BCUT2D eigenvalue weighted by Gasteiger charge is 2.22. The summed E-state index contributed by atoms with van der Waals surface area (Å²) < 4.78 is 3.87. The van der Waals surface area contributed by atoms with Gasteiger partial charge in [-0.3, -0.25) is 4.79 Å². The Labute approximate surface area is 91.6 Å². The van der Waals surface area contributed by atoms with E-state index in [1.165, 1.54) is 19.1 Å². The SMILES string of the molecule is CC(=O)c1ccccc1[C@@H](O)C(=O)OCl. The maximum atomic E-state index is 11.2. The highest BCUT2D eigenvalue weighted by Crippen LogP contribution is 2.20. The van der Waals surface area contributed by atoms with Gasteiger partial charge in [0.1, 0.15) is 11.9 Å². The third kappa shape index (κ3) is 2.55. The van der Waals surface area contributed by atoms with Crippen molar-refractivity contribution in [2.24, 2.45) is 0 Å². The monoisotopic (exact) mass is 228 g/mol. The second-order valence-corrected chi connectivity index (χ2v) is 3.10. The molecule has 0 unspecified atom stereocenters. The van der Waals surface area contributed by atoms with Gasteiger partial charge in [-0.2, -0.15) is 0 Å². The van der Waals surface area contributed by atoms with Crippen molar-refractivity contribution in [3.8, 4) is 0 Å². The smallest absolute Gasteiger partial charge is 0.357 e. The topological polar surface area (TPSA) is 63.6 Å². The lowest BCUT2D eigenvalue weighted by molar-refractivity contribution is -0.143. The molecule has 0 amide bonds. The summed E-state index contributed by atoms with van der Waals surface area (Å²) in [6, 6.07) is 6.23. The first-order chi connectivity index (χ1) is 7.07. The van der Waals surface area contributed by atoms with Gasteiger partial charge in [0.2, 0.25) is 0 Å². The molecule has 80 valence electrons. The molecule has 15 heavy (non-hydrogen) atoms. The summed E-state index contributed by atoms with van der Waals surface area (Å²) >= 11 is 4.83. The number of benzene rings is 1. The molecular formula is C10H9ClO4. The molecule has 0 aliphatic heterocycles. The van der Waals surface area contributed by atoms with Crippen molar-refractivity contribution < 1.29 is 19.0 Å². The summed E-state index contributed by atoms with van der Waals surface area (Å²) in [6.07, 6.45) is -1.54. The highest BCUT2D eigenvalue weighted by molar-refractivity contribution is 6.13. The molecule has 1 aromatic rings. The van der Waals surface area contributed by atoms with Crippen LogP contribution in [0.3, 0.4) is 0 Å². The standard InChI is InChI=1S/C10H9ClO4/c1-6(12)7-4-2-3-5-8(7)9(13)10(14)15-11/h2-5,9,13H,1H3/t9-/m1/s1. The Hall–Kier alpha value is -1.39. The normalized spacial score (nSPS) is 11.9. The first-order valence-electron chi connectivity index (χ1n) is 4.18. The molecule has 0 saturated carbocycles. The maximum absolute atomic E-state index is 11.2. The molecule has 0 aliphatic carbocycles. The van der Waals surface area contributed by atoms with Gasteiger partial charge in [0.25, 0.3) is 0 Å². The molecule has 0 aromatic heterocycles. The van der Waals surface area contributed by atoms with Gasteiger partial charge in [0.05, 0.1) is 0 Å². The Kier molecular flexibility index (Phi) is 3.82. The Morgan fingerprint density at radius 2 is 2.00 bits per heavy atom. The zero-order valence-corrected chi connectivity index (χ0v) is 8.69. The zero-order chi connectivity index (χ0) is 11.4. The Balaban J connectivity index is 3.13. The number of rotatable bonds is 3. The fraction of sp³-hybridized carbons (Fsp3) is 0.200. The van der Waals surface area contributed by atoms with E-state index < -0.39 is 12.1 Å². The minimum absolute atomic E-state index is 0.190. The fourth-order valence-corrected chi connectivity index (χ4v) is 1.31. The minimum atomic E-state index is -1.54. The molecule has 1 aromatic carbocycles. The second-order valence-electron chi connectivity index (χ2n) is 2.94. The summed E-state index contributed by atoms with van der Waals surface area (Å²) in [7, 11) is 0. The molecule has 1 atom stereocenters. The van der Waals surface area contributed by atoms with Gasteiger partial charge >= 0.3 is 5.97 Å². The molecule has 0 aliphatic rings. The average molecular weight is 229 g/mol. The van der Waals surface area contributed by atoms with Crippen molar-refractivity contribution in [2.45, 2.75) is 13.0 Å². The number of aliphatic hydroxyl groups is 1. The number of hydrogen-bond acceptors (Lipinski definition) is 4. The van der Waals surface area contributed by atoms with Gasteiger partial charge in [-0.05, 0) is 6.92 Å². The first kappa shape index (κ1) is 11.7. The summed E-state index contributed by atoms with van der Waals surface area (Å²) in [4.78, 5) is 22.2. The van der Waals surface area contributed by atoms with Gasteiger partial charge in [0.15, 0.2) is 11.9 Å². The van der Waals surface area contributed by atoms with Gasteiger partial charge in [-0.25, -0.2) is 4.79 Å². The maximum Gasteiger partial charge on any atom is 0.357 e. The molecule has 0 spiro atoms. The van der Waals surface area contributed by atoms with Crippen LogP contribution in [0, 0.1) is 0 Å². The Morgan fingerprint density at radius 1 is 1.40 bits per heavy atom. The molecule has 0 bridgehead atoms. The molecule has 1 N–H and O–H groups in total. The molecule has 0 heterocycles. The zero-order valence-electron chi connectivity index (χ0n) is 7.94. The lowest BCUT2D eigenvalue weighted by atomic mass is 10.00. The summed E-state index contributed by atoms with van der Waals surface area (Å²) in [5, 5.41) is 9.51. The number of halogens is 1. The van der Waals surface area contributed by atoms with E-state index in [2.05, 4.69) is 4.29 Å². The van der Waals surface area contributed by atoms with Crippen molar-refractivity contribution >= 4 is 23.6 Å². The Bertz CT molecular complexity index is 389. The van der Waals surface area contributed by atoms with E-state index in [1.807, 2.05) is 0 Å². The van der Waals surface area contributed by atoms with Crippen LogP contribution in [-0.2, 0) is 9.08 Å². The van der Waals surface area contributed by atoms with E-state index >= 15 is 0 Å². The van der Waals surface area contributed by atoms with Crippen molar-refractivity contribution in [1.82, 2.24) is 0 Å². The third-order valence-electron chi connectivity index (χ3n) is 1.93. The number of hydrogen-bond donors (Lipinski definition) is 1. The van der Waals surface area contributed by atoms with Crippen LogP contribution < -0.4 is 0 Å². The van der Waals surface area contributed by atoms with Gasteiger partial charge < -0.3 is 9.40 Å². The minimum Gasteiger partial charge on any atom is -0.377 e. The van der Waals surface area contributed by atoms with Gasteiger partial charge in [0, 0.05) is 11.1 Å². The van der Waals surface area contributed by atoms with Crippen LogP contribution in [0.15, 0.2) is 24.3 Å². The lowest BCUT2D eigenvalue weighted by Gasteiger charge is -2.10. The summed E-state index contributed by atoms with van der Waals surface area (Å²) in [5.41, 5.74) is 0.461. The molecular weight excluding hydrogens is 220 g/mol. The lowest BCUT2D eigenvalue weighted by Crippen LogP contribution is -2.14. The molecule has 4 nitrogen and oxygen atoms in total. The first-order valence-corrected chi connectivity index (χ1v) is 4.49. The van der Waals surface area contributed by atoms with Crippen molar-refractivity contribution in [1.29, 1.82) is 0 Å². The Morgan fingerprint density at radius 3 is 2.53 bits per heavy atom. The summed E-state index contributed by atoms with van der Waals surface area (Å²) in [6.45, 7) is 1.34. The third-order valence-corrected chi connectivity index (χ3v) is 2.09. The number of Topliss-reactive ketones (excluding diaryl/α,β-unsaturated/α-hetero) is 1. The number of aliphatic hydroxyl groups excluding tert-OH is 1. The predicted molar refractivity (Wildman–Crippen MR) is 53.4 cm³/mol. The summed E-state index contributed by atoms with van der Waals surface area (Å²) in [5.74, 6) is -1.25. The highest BCUT2D eigenvalue weighted by atomic mass is 35.5. The van der Waals surface area contributed by atoms with Crippen LogP contribution in [0.2, 0.25) is 0 Å². The number of carbonyl (C=O) groups excluding carboxylic acids is 2. The molecule has 1 rings (SSSR count). The number of ketones is 1. The van der Waals surface area contributed by atoms with Crippen LogP contribution in [0.1, 0.15) is 28.9 Å². The van der Waals surface area contributed by atoms with Crippen LogP contribution in [0.5, 0.6) is 0 Å². The van der Waals surface area contributed by atoms with Crippen LogP contribution in [-0.4, -0.2) is 16.9 Å². The van der Waals surface area contributed by atoms with E-state index in [0.717, 1.165) is 0 Å². The predicted octanol–water partition coefficient (Wildman–Crippen LogP) is 1.62. The van der Waals surface area contributed by atoms with E-state index in [-0.39, 0.29) is 16.9 Å². The van der Waals surface area contributed by atoms with Crippen LogP contribution in [0.4, 0.5) is 0 Å². The van der Waals surface area contributed by atoms with E-state index in [9.17, 15) is 14.7 Å². The van der Waals surface area contributed by atoms with E-state index in [4.69, 9.17) is 11.9 Å². The molecule has 0 radical (unpaired) electrons. The molecule has 0 saturated heterocycles. The van der Waals surface area contributed by atoms with Crippen molar-refractivity contribution in [3.63, 3.8) is 0 Å². The van der Waals surface area contributed by atoms with E-state index in [1.54, 1.807) is 12.1 Å². The number of carbonyl (C=O) groups is 2. The average Bonchev–Trinajstić information content (AvgIpc) is 2.27. The molecule has 0 fully saturated rings.